The molecule has 2 aliphatic rings. The highest BCUT2D eigenvalue weighted by Gasteiger charge is 2.42. The lowest BCUT2D eigenvalue weighted by atomic mass is 9.68. The molecule has 0 saturated heterocycles. The van der Waals surface area contributed by atoms with Gasteiger partial charge in [0.2, 0.25) is 0 Å². The standard InChI is InChI=1S/C26H36F4O3/c1-2-3-4-5-18-6-8-19(9-7-18)20-10-12-21(13-11-20)24(31)32-22-14-16-23(17-15-22)33-25(27)26(28,29)30/h14-21,25H,2-13H2,1H3/t18-,19-,20-,21-,25?. The Balaban J connectivity index is 1.38. The Morgan fingerprint density at radius 3 is 2.00 bits per heavy atom. The van der Waals surface area contributed by atoms with Crippen LogP contribution >= 0.6 is 0 Å². The largest absolute Gasteiger partial charge is 0.457 e. The Labute approximate surface area is 194 Å². The summed E-state index contributed by atoms with van der Waals surface area (Å²) in [5, 5.41) is 0. The molecule has 0 heterocycles. The number of hydrogen-bond acceptors (Lipinski definition) is 3. The van der Waals surface area contributed by atoms with Gasteiger partial charge >= 0.3 is 18.5 Å². The van der Waals surface area contributed by atoms with Gasteiger partial charge in [0.05, 0.1) is 5.92 Å². The summed E-state index contributed by atoms with van der Waals surface area (Å²) in [7, 11) is 0. The van der Waals surface area contributed by atoms with Gasteiger partial charge in [-0.1, -0.05) is 45.4 Å². The van der Waals surface area contributed by atoms with Crippen LogP contribution < -0.4 is 9.47 Å². The second-order valence-corrected chi connectivity index (χ2v) is 9.76. The molecule has 0 bridgehead atoms. The maximum atomic E-state index is 13.0. The maximum absolute atomic E-state index is 13.0. The van der Waals surface area contributed by atoms with Gasteiger partial charge in [-0.25, -0.2) is 0 Å². The molecule has 3 nitrogen and oxygen atoms in total. The van der Waals surface area contributed by atoms with Crippen molar-refractivity contribution in [2.45, 2.75) is 96.5 Å². The Morgan fingerprint density at radius 2 is 1.45 bits per heavy atom. The quantitative estimate of drug-likeness (QED) is 0.158. The summed E-state index contributed by atoms with van der Waals surface area (Å²) in [6.45, 7) is 2.25. The van der Waals surface area contributed by atoms with E-state index in [2.05, 4.69) is 11.7 Å². The number of carbonyl (C=O) groups excluding carboxylic acids is 1. The van der Waals surface area contributed by atoms with Crippen LogP contribution in [-0.2, 0) is 4.79 Å². The lowest BCUT2D eigenvalue weighted by Gasteiger charge is -2.37. The fourth-order valence-corrected chi connectivity index (χ4v) is 5.43. The smallest absolute Gasteiger partial charge is 0.452 e. The van der Waals surface area contributed by atoms with Gasteiger partial charge in [-0.15, -0.1) is 0 Å². The molecule has 0 amide bonds. The first-order chi connectivity index (χ1) is 15.8. The molecule has 1 unspecified atom stereocenters. The Hall–Kier alpha value is -1.79. The number of carbonyl (C=O) groups is 1. The molecule has 2 aliphatic carbocycles. The Bertz CT molecular complexity index is 718. The summed E-state index contributed by atoms with van der Waals surface area (Å²) in [6, 6.07) is 4.97. The minimum Gasteiger partial charge on any atom is -0.452 e. The Morgan fingerprint density at radius 1 is 0.909 bits per heavy atom. The molecule has 0 radical (unpaired) electrons. The molecule has 0 aromatic heterocycles. The normalized spacial score (nSPS) is 27.1. The predicted molar refractivity (Wildman–Crippen MR) is 119 cm³/mol. The molecule has 1 aromatic carbocycles. The van der Waals surface area contributed by atoms with Crippen LogP contribution in [0.25, 0.3) is 0 Å². The number of ether oxygens (including phenoxy) is 2. The number of rotatable bonds is 9. The molecule has 0 spiro atoms. The summed E-state index contributed by atoms with van der Waals surface area (Å²) < 4.78 is 59.3. The third-order valence-corrected chi connectivity index (χ3v) is 7.42. The van der Waals surface area contributed by atoms with Gasteiger partial charge in [0.15, 0.2) is 0 Å². The van der Waals surface area contributed by atoms with Crippen molar-refractivity contribution in [2.75, 3.05) is 0 Å². The highest BCUT2D eigenvalue weighted by Crippen LogP contribution is 2.42. The minimum atomic E-state index is -5.09. The van der Waals surface area contributed by atoms with Crippen molar-refractivity contribution in [3.63, 3.8) is 0 Å². The lowest BCUT2D eigenvalue weighted by Crippen LogP contribution is -2.30. The van der Waals surface area contributed by atoms with Crippen LogP contribution in [0.15, 0.2) is 24.3 Å². The van der Waals surface area contributed by atoms with E-state index < -0.39 is 12.5 Å². The zero-order valence-electron chi connectivity index (χ0n) is 19.4. The van der Waals surface area contributed by atoms with Gasteiger partial charge in [-0.05, 0) is 80.5 Å². The van der Waals surface area contributed by atoms with E-state index in [9.17, 15) is 22.4 Å². The van der Waals surface area contributed by atoms with E-state index in [1.807, 2.05) is 0 Å². The van der Waals surface area contributed by atoms with E-state index >= 15 is 0 Å². The third kappa shape index (κ3) is 7.89. The summed E-state index contributed by atoms with van der Waals surface area (Å²) >= 11 is 0. The lowest BCUT2D eigenvalue weighted by molar-refractivity contribution is -0.236. The molecule has 7 heteroatoms. The van der Waals surface area contributed by atoms with Crippen LogP contribution in [0.3, 0.4) is 0 Å². The first-order valence-electron chi connectivity index (χ1n) is 12.5. The first kappa shape index (κ1) is 25.8. The van der Waals surface area contributed by atoms with E-state index in [0.717, 1.165) is 49.7 Å². The molecule has 1 atom stereocenters. The van der Waals surface area contributed by atoms with Crippen LogP contribution in [0, 0.1) is 23.7 Å². The van der Waals surface area contributed by atoms with Gasteiger partial charge in [-0.3, -0.25) is 4.79 Å². The van der Waals surface area contributed by atoms with E-state index in [1.54, 1.807) is 0 Å². The molecule has 186 valence electrons. The van der Waals surface area contributed by atoms with Crippen LogP contribution in [-0.4, -0.2) is 18.5 Å². The Kier molecular flexibility index (Phi) is 9.45. The molecule has 2 fully saturated rings. The third-order valence-electron chi connectivity index (χ3n) is 7.42. The van der Waals surface area contributed by atoms with E-state index in [1.165, 1.54) is 63.5 Å². The SMILES string of the molecule is CCCCC[C@H]1CC[C@H]([C@H]2CC[C@H](C(=O)Oc3ccc(OC(F)C(F)(F)F)cc3)CC2)CC1. The molecule has 1 aromatic rings. The molecular weight excluding hydrogens is 436 g/mol. The fourth-order valence-electron chi connectivity index (χ4n) is 5.43. The van der Waals surface area contributed by atoms with Gasteiger partial charge in [0.25, 0.3) is 0 Å². The van der Waals surface area contributed by atoms with E-state index in [0.29, 0.717) is 5.92 Å². The second kappa shape index (κ2) is 12.1. The molecule has 0 N–H and O–H groups in total. The van der Waals surface area contributed by atoms with Crippen molar-refractivity contribution >= 4 is 5.97 Å². The zero-order valence-corrected chi connectivity index (χ0v) is 19.4. The average Bonchev–Trinajstić information content (AvgIpc) is 2.80. The second-order valence-electron chi connectivity index (χ2n) is 9.76. The summed E-state index contributed by atoms with van der Waals surface area (Å²) in [5.74, 6) is 1.87. The summed E-state index contributed by atoms with van der Waals surface area (Å²) in [6.07, 6.45) is 5.95. The van der Waals surface area contributed by atoms with Gasteiger partial charge in [0.1, 0.15) is 11.5 Å². The average molecular weight is 473 g/mol. The number of benzene rings is 1. The molecule has 33 heavy (non-hydrogen) atoms. The molecule has 3 rings (SSSR count). The van der Waals surface area contributed by atoms with E-state index in [4.69, 9.17) is 4.74 Å². The molecule has 2 saturated carbocycles. The highest BCUT2D eigenvalue weighted by atomic mass is 19.4. The van der Waals surface area contributed by atoms with Crippen molar-refractivity contribution in [2.24, 2.45) is 23.7 Å². The number of hydrogen-bond donors (Lipinski definition) is 0. The number of halogens is 4. The van der Waals surface area contributed by atoms with Gasteiger partial charge in [0, 0.05) is 0 Å². The van der Waals surface area contributed by atoms with Crippen LogP contribution in [0.2, 0.25) is 0 Å². The van der Waals surface area contributed by atoms with Crippen LogP contribution in [0.1, 0.15) is 84.0 Å². The summed E-state index contributed by atoms with van der Waals surface area (Å²) in [5.41, 5.74) is 0. The molecule has 0 aliphatic heterocycles. The van der Waals surface area contributed by atoms with Crippen molar-refractivity contribution in [3.8, 4) is 11.5 Å². The number of unbranched alkanes of at least 4 members (excludes halogenated alkanes) is 2. The number of alkyl halides is 4. The minimum absolute atomic E-state index is 0.150. The van der Waals surface area contributed by atoms with Crippen molar-refractivity contribution in [1.82, 2.24) is 0 Å². The fraction of sp³-hybridized carbons (Fsp3) is 0.731. The van der Waals surface area contributed by atoms with Crippen LogP contribution in [0.4, 0.5) is 17.6 Å². The van der Waals surface area contributed by atoms with Crippen molar-refractivity contribution in [3.05, 3.63) is 24.3 Å². The van der Waals surface area contributed by atoms with E-state index in [-0.39, 0.29) is 23.4 Å². The number of esters is 1. The monoisotopic (exact) mass is 472 g/mol. The summed E-state index contributed by atoms with van der Waals surface area (Å²) in [4.78, 5) is 12.6. The van der Waals surface area contributed by atoms with Crippen molar-refractivity contribution in [1.29, 1.82) is 0 Å². The highest BCUT2D eigenvalue weighted by molar-refractivity contribution is 5.75. The van der Waals surface area contributed by atoms with Gasteiger partial charge in [-0.2, -0.15) is 17.6 Å². The first-order valence-corrected chi connectivity index (χ1v) is 12.5. The van der Waals surface area contributed by atoms with Gasteiger partial charge < -0.3 is 9.47 Å². The topological polar surface area (TPSA) is 35.5 Å². The predicted octanol–water partition coefficient (Wildman–Crippen LogP) is 8.02. The zero-order chi connectivity index (χ0) is 23.8. The molecular formula is C26H36F4O3. The maximum Gasteiger partial charge on any atom is 0.457 e. The van der Waals surface area contributed by atoms with Crippen molar-refractivity contribution < 1.29 is 31.8 Å². The van der Waals surface area contributed by atoms with Crippen LogP contribution in [0.5, 0.6) is 11.5 Å².